The van der Waals surface area contributed by atoms with E-state index in [1.54, 1.807) is 24.3 Å². The number of benzene rings is 2. The Bertz CT molecular complexity index is 996. The quantitative estimate of drug-likeness (QED) is 0.359. The van der Waals surface area contributed by atoms with E-state index in [9.17, 15) is 14.9 Å². The standard InChI is InChI=1S/C19H14BrN3O4/c20-15-6-4-13(5-7-15)10-19(24)22-21-12-17-8-9-18(27-17)14-2-1-3-16(11-14)23(25)26/h1-9,11-12H,10H2,(H,22,24)/b21-12-. The Morgan fingerprint density at radius 3 is 2.70 bits per heavy atom. The first-order valence-electron chi connectivity index (χ1n) is 7.92. The van der Waals surface area contributed by atoms with E-state index in [1.165, 1.54) is 18.3 Å². The number of amides is 1. The summed E-state index contributed by atoms with van der Waals surface area (Å²) in [6.07, 6.45) is 1.59. The summed E-state index contributed by atoms with van der Waals surface area (Å²) >= 11 is 3.34. The Morgan fingerprint density at radius 1 is 1.19 bits per heavy atom. The molecule has 0 aliphatic rings. The van der Waals surface area contributed by atoms with Gasteiger partial charge in [-0.1, -0.05) is 40.2 Å². The predicted octanol–water partition coefficient (Wildman–Crippen LogP) is 4.31. The smallest absolute Gasteiger partial charge is 0.270 e. The Kier molecular flexibility index (Phi) is 5.77. The number of furan rings is 1. The van der Waals surface area contributed by atoms with Gasteiger partial charge in [0, 0.05) is 22.2 Å². The molecule has 136 valence electrons. The summed E-state index contributed by atoms with van der Waals surface area (Å²) in [5.41, 5.74) is 3.88. The van der Waals surface area contributed by atoms with Gasteiger partial charge in [-0.05, 0) is 29.8 Å². The van der Waals surface area contributed by atoms with Gasteiger partial charge >= 0.3 is 0 Å². The number of rotatable bonds is 6. The largest absolute Gasteiger partial charge is 0.455 e. The number of halogens is 1. The highest BCUT2D eigenvalue weighted by Crippen LogP contribution is 2.25. The number of hydrogen-bond donors (Lipinski definition) is 1. The molecule has 8 heteroatoms. The number of carbonyl (C=O) groups excluding carboxylic acids is 1. The maximum Gasteiger partial charge on any atom is 0.270 e. The van der Waals surface area contributed by atoms with Crippen molar-refractivity contribution in [2.45, 2.75) is 6.42 Å². The van der Waals surface area contributed by atoms with E-state index < -0.39 is 4.92 Å². The van der Waals surface area contributed by atoms with E-state index in [4.69, 9.17) is 4.42 Å². The fourth-order valence-corrected chi connectivity index (χ4v) is 2.61. The third-order valence-electron chi connectivity index (χ3n) is 3.63. The van der Waals surface area contributed by atoms with Crippen LogP contribution in [0.1, 0.15) is 11.3 Å². The highest BCUT2D eigenvalue weighted by molar-refractivity contribution is 9.10. The zero-order valence-corrected chi connectivity index (χ0v) is 15.5. The van der Waals surface area contributed by atoms with Crippen LogP contribution in [-0.2, 0) is 11.2 Å². The molecule has 0 unspecified atom stereocenters. The SMILES string of the molecule is O=C(Cc1ccc(Br)cc1)N/N=C\c1ccc(-c2cccc([N+](=O)[O-])c2)o1. The molecular weight excluding hydrogens is 414 g/mol. The van der Waals surface area contributed by atoms with Crippen molar-refractivity contribution in [3.8, 4) is 11.3 Å². The second-order valence-corrected chi connectivity index (χ2v) is 6.52. The lowest BCUT2D eigenvalue weighted by molar-refractivity contribution is -0.384. The Balaban J connectivity index is 1.60. The monoisotopic (exact) mass is 427 g/mol. The number of hydrazone groups is 1. The Labute approximate surface area is 163 Å². The van der Waals surface area contributed by atoms with Gasteiger partial charge in [0.05, 0.1) is 17.6 Å². The van der Waals surface area contributed by atoms with Crippen LogP contribution in [0.3, 0.4) is 0 Å². The first-order chi connectivity index (χ1) is 13.0. The fraction of sp³-hybridized carbons (Fsp3) is 0.0526. The van der Waals surface area contributed by atoms with Gasteiger partial charge in [-0.15, -0.1) is 0 Å². The lowest BCUT2D eigenvalue weighted by Crippen LogP contribution is -2.19. The molecule has 27 heavy (non-hydrogen) atoms. The average Bonchev–Trinajstić information content (AvgIpc) is 3.13. The van der Waals surface area contributed by atoms with Gasteiger partial charge < -0.3 is 4.42 Å². The van der Waals surface area contributed by atoms with Crippen molar-refractivity contribution in [3.63, 3.8) is 0 Å². The van der Waals surface area contributed by atoms with Crippen molar-refractivity contribution >= 4 is 33.7 Å². The van der Waals surface area contributed by atoms with Crippen LogP contribution in [0.5, 0.6) is 0 Å². The van der Waals surface area contributed by atoms with Gasteiger partial charge in [-0.25, -0.2) is 5.43 Å². The summed E-state index contributed by atoms with van der Waals surface area (Å²) in [7, 11) is 0. The van der Waals surface area contributed by atoms with Crippen LogP contribution < -0.4 is 5.43 Å². The van der Waals surface area contributed by atoms with Gasteiger partial charge in [0.25, 0.3) is 5.69 Å². The number of nitro groups is 1. The van der Waals surface area contributed by atoms with E-state index >= 15 is 0 Å². The van der Waals surface area contributed by atoms with Crippen LogP contribution >= 0.6 is 15.9 Å². The number of hydrogen-bond acceptors (Lipinski definition) is 5. The minimum Gasteiger partial charge on any atom is -0.455 e. The maximum absolute atomic E-state index is 11.9. The molecule has 1 N–H and O–H groups in total. The summed E-state index contributed by atoms with van der Waals surface area (Å²) in [6.45, 7) is 0. The number of carbonyl (C=O) groups is 1. The molecule has 3 rings (SSSR count). The molecule has 0 aliphatic heterocycles. The van der Waals surface area contributed by atoms with Crippen molar-refractivity contribution in [2.24, 2.45) is 5.10 Å². The summed E-state index contributed by atoms with van der Waals surface area (Å²) < 4.78 is 6.54. The van der Waals surface area contributed by atoms with E-state index in [2.05, 4.69) is 26.5 Å². The highest BCUT2D eigenvalue weighted by Gasteiger charge is 2.10. The van der Waals surface area contributed by atoms with Gasteiger partial charge in [0.2, 0.25) is 5.91 Å². The molecule has 7 nitrogen and oxygen atoms in total. The molecule has 0 atom stereocenters. The number of nitro benzene ring substituents is 1. The maximum atomic E-state index is 11.9. The molecule has 0 saturated heterocycles. The van der Waals surface area contributed by atoms with Crippen molar-refractivity contribution < 1.29 is 14.1 Å². The summed E-state index contributed by atoms with van der Waals surface area (Å²) in [6, 6.07) is 16.9. The topological polar surface area (TPSA) is 97.7 Å². The Morgan fingerprint density at radius 2 is 1.96 bits per heavy atom. The van der Waals surface area contributed by atoms with Crippen LogP contribution in [0.25, 0.3) is 11.3 Å². The van der Waals surface area contributed by atoms with Crippen LogP contribution in [0.4, 0.5) is 5.69 Å². The normalized spacial score (nSPS) is 10.9. The average molecular weight is 428 g/mol. The number of nitrogens with one attached hydrogen (secondary N) is 1. The molecule has 2 aromatic carbocycles. The zero-order chi connectivity index (χ0) is 19.2. The molecular formula is C19H14BrN3O4. The van der Waals surface area contributed by atoms with Crippen molar-refractivity contribution in [1.29, 1.82) is 0 Å². The van der Waals surface area contributed by atoms with Crippen LogP contribution in [0.15, 0.2) is 74.7 Å². The molecule has 0 spiro atoms. The lowest BCUT2D eigenvalue weighted by Gasteiger charge is -2.00. The van der Waals surface area contributed by atoms with Crippen LogP contribution in [0, 0.1) is 10.1 Å². The summed E-state index contributed by atoms with van der Waals surface area (Å²) in [4.78, 5) is 22.3. The molecule has 1 aromatic heterocycles. The molecule has 1 heterocycles. The second kappa shape index (κ2) is 8.41. The minimum absolute atomic E-state index is 0.0145. The molecule has 0 aliphatic carbocycles. The molecule has 1 amide bonds. The van der Waals surface area contributed by atoms with Crippen molar-refractivity contribution in [2.75, 3.05) is 0 Å². The number of non-ortho nitro benzene ring substituents is 1. The predicted molar refractivity (Wildman–Crippen MR) is 104 cm³/mol. The molecule has 3 aromatic rings. The zero-order valence-electron chi connectivity index (χ0n) is 14.0. The highest BCUT2D eigenvalue weighted by atomic mass is 79.9. The van der Waals surface area contributed by atoms with E-state index in [0.717, 1.165) is 10.0 Å². The van der Waals surface area contributed by atoms with Gasteiger partial charge in [0.1, 0.15) is 11.5 Å². The lowest BCUT2D eigenvalue weighted by atomic mass is 10.1. The van der Waals surface area contributed by atoms with Crippen molar-refractivity contribution in [3.05, 3.63) is 86.6 Å². The second-order valence-electron chi connectivity index (χ2n) is 5.61. The first-order valence-corrected chi connectivity index (χ1v) is 8.71. The van der Waals surface area contributed by atoms with Crippen LogP contribution in [-0.4, -0.2) is 17.0 Å². The van der Waals surface area contributed by atoms with E-state index in [0.29, 0.717) is 17.1 Å². The molecule has 0 fully saturated rings. The minimum atomic E-state index is -0.463. The van der Waals surface area contributed by atoms with Gasteiger partial charge in [-0.3, -0.25) is 14.9 Å². The van der Waals surface area contributed by atoms with Gasteiger partial charge in [-0.2, -0.15) is 5.10 Å². The molecule has 0 saturated carbocycles. The summed E-state index contributed by atoms with van der Waals surface area (Å²) in [5, 5.41) is 14.7. The van der Waals surface area contributed by atoms with Crippen LogP contribution in [0.2, 0.25) is 0 Å². The number of nitrogens with zero attached hydrogens (tertiary/aromatic N) is 2. The third-order valence-corrected chi connectivity index (χ3v) is 4.16. The van der Waals surface area contributed by atoms with Gasteiger partial charge in [0.15, 0.2) is 0 Å². The summed E-state index contributed by atoms with van der Waals surface area (Å²) in [5.74, 6) is 0.640. The fourth-order valence-electron chi connectivity index (χ4n) is 2.35. The third kappa shape index (κ3) is 5.11. The van der Waals surface area contributed by atoms with E-state index in [1.807, 2.05) is 24.3 Å². The van der Waals surface area contributed by atoms with E-state index in [-0.39, 0.29) is 18.0 Å². The Hall–Kier alpha value is -3.26. The van der Waals surface area contributed by atoms with Crippen molar-refractivity contribution in [1.82, 2.24) is 5.43 Å². The molecule has 0 radical (unpaired) electrons. The first kappa shape index (κ1) is 18.5. The molecule has 0 bridgehead atoms.